The van der Waals surface area contributed by atoms with E-state index in [2.05, 4.69) is 20.8 Å². The minimum Gasteiger partial charge on any atom is -0.297 e. The summed E-state index contributed by atoms with van der Waals surface area (Å²) < 4.78 is 14.0. The monoisotopic (exact) mass is 355 g/mol. The number of halogens is 2. The maximum absolute atomic E-state index is 13.6. The van der Waals surface area contributed by atoms with Gasteiger partial charge in [0.1, 0.15) is 5.82 Å². The second-order valence-electron chi connectivity index (χ2n) is 6.27. The summed E-state index contributed by atoms with van der Waals surface area (Å²) >= 11 is 3.24. The van der Waals surface area contributed by atoms with Crippen molar-refractivity contribution >= 4 is 21.7 Å². The van der Waals surface area contributed by atoms with Gasteiger partial charge >= 0.3 is 0 Å². The molecule has 0 radical (unpaired) electrons. The van der Waals surface area contributed by atoms with Gasteiger partial charge in [0.05, 0.1) is 10.0 Å². The first-order valence-electron chi connectivity index (χ1n) is 7.64. The van der Waals surface area contributed by atoms with Gasteiger partial charge in [-0.25, -0.2) is 4.39 Å². The number of Topliss-reactive ketones (excluding diaryl/α,β-unsaturated/α-hetero) is 1. The minimum atomic E-state index is -0.490. The molecule has 1 fully saturated rings. The molecule has 0 aliphatic carbocycles. The van der Waals surface area contributed by atoms with Gasteiger partial charge in [-0.2, -0.15) is 0 Å². The van der Waals surface area contributed by atoms with Gasteiger partial charge in [0.25, 0.3) is 0 Å². The van der Waals surface area contributed by atoms with E-state index in [-0.39, 0.29) is 18.0 Å². The van der Waals surface area contributed by atoms with Gasteiger partial charge in [0, 0.05) is 6.42 Å². The molecule has 0 amide bonds. The van der Waals surface area contributed by atoms with Crippen LogP contribution in [0.3, 0.4) is 0 Å². The molecule has 2 nitrogen and oxygen atoms in total. The second-order valence-corrected chi connectivity index (χ2v) is 7.07. The lowest BCUT2D eigenvalue weighted by Crippen LogP contribution is -2.51. The Kier molecular flexibility index (Phi) is 5.55. The van der Waals surface area contributed by atoms with Crippen molar-refractivity contribution in [3.63, 3.8) is 0 Å². The highest BCUT2D eigenvalue weighted by Crippen LogP contribution is 2.26. The van der Waals surface area contributed by atoms with E-state index in [0.717, 1.165) is 31.5 Å². The van der Waals surface area contributed by atoms with E-state index in [1.54, 1.807) is 6.07 Å². The lowest BCUT2D eigenvalue weighted by atomic mass is 9.91. The number of likely N-dealkylation sites (tertiary alicyclic amines) is 1. The molecule has 0 saturated carbocycles. The zero-order chi connectivity index (χ0) is 15.5. The summed E-state index contributed by atoms with van der Waals surface area (Å²) in [6, 6.07) is 4.86. The normalized spacial score (nSPS) is 17.5. The number of ketones is 1. The van der Waals surface area contributed by atoms with E-state index in [1.807, 2.05) is 19.9 Å². The summed E-state index contributed by atoms with van der Waals surface area (Å²) in [5.41, 5.74) is 0.235. The summed E-state index contributed by atoms with van der Waals surface area (Å²) in [6.07, 6.45) is 5.06. The standard InChI is InChI=1S/C17H23BrFNO/c1-17(2,20-10-5-3-4-6-11-20)15(21)12-13-8-7-9-14(19)16(13)18/h7-9H,3-6,10-12H2,1-2H3. The number of nitrogens with zero attached hydrogens (tertiary/aromatic N) is 1. The van der Waals surface area contributed by atoms with Crippen molar-refractivity contribution in [2.75, 3.05) is 13.1 Å². The third-order valence-electron chi connectivity index (χ3n) is 4.46. The van der Waals surface area contributed by atoms with Gasteiger partial charge in [-0.15, -0.1) is 0 Å². The van der Waals surface area contributed by atoms with Crippen LogP contribution in [-0.2, 0) is 11.2 Å². The molecule has 0 spiro atoms. The Labute approximate surface area is 134 Å². The van der Waals surface area contributed by atoms with Crippen LogP contribution in [0.1, 0.15) is 45.1 Å². The Morgan fingerprint density at radius 1 is 1.24 bits per heavy atom. The summed E-state index contributed by atoms with van der Waals surface area (Å²) in [5, 5.41) is 0. The predicted octanol–water partition coefficient (Wildman–Crippen LogP) is 4.35. The Morgan fingerprint density at radius 2 is 1.86 bits per heavy atom. The first-order chi connectivity index (χ1) is 9.93. The molecule has 0 unspecified atom stereocenters. The van der Waals surface area contributed by atoms with Crippen molar-refractivity contribution in [1.82, 2.24) is 4.90 Å². The highest BCUT2D eigenvalue weighted by Gasteiger charge is 2.34. The Bertz CT molecular complexity index is 508. The summed E-state index contributed by atoms with van der Waals surface area (Å²) in [6.45, 7) is 5.94. The molecule has 0 N–H and O–H groups in total. The second kappa shape index (κ2) is 7.01. The minimum absolute atomic E-state index is 0.149. The molecule has 1 saturated heterocycles. The molecular formula is C17H23BrFNO. The first-order valence-corrected chi connectivity index (χ1v) is 8.43. The molecule has 1 aliphatic heterocycles. The van der Waals surface area contributed by atoms with Crippen LogP contribution >= 0.6 is 15.9 Å². The molecular weight excluding hydrogens is 333 g/mol. The van der Waals surface area contributed by atoms with E-state index in [1.165, 1.54) is 18.9 Å². The number of hydrogen-bond donors (Lipinski definition) is 0. The lowest BCUT2D eigenvalue weighted by molar-refractivity contribution is -0.128. The Morgan fingerprint density at radius 3 is 2.48 bits per heavy atom. The van der Waals surface area contributed by atoms with Crippen LogP contribution in [0.5, 0.6) is 0 Å². The summed E-state index contributed by atoms with van der Waals surface area (Å²) in [4.78, 5) is 15.0. The number of carbonyl (C=O) groups is 1. The van der Waals surface area contributed by atoms with Crippen molar-refractivity contribution in [3.05, 3.63) is 34.1 Å². The van der Waals surface area contributed by atoms with E-state index in [0.29, 0.717) is 4.47 Å². The number of hydrogen-bond acceptors (Lipinski definition) is 2. The van der Waals surface area contributed by atoms with E-state index >= 15 is 0 Å². The maximum atomic E-state index is 13.6. The molecule has 0 bridgehead atoms. The molecule has 116 valence electrons. The third-order valence-corrected chi connectivity index (χ3v) is 5.35. The zero-order valence-electron chi connectivity index (χ0n) is 12.8. The fourth-order valence-corrected chi connectivity index (χ4v) is 3.28. The van der Waals surface area contributed by atoms with Crippen LogP contribution in [0.15, 0.2) is 22.7 Å². The van der Waals surface area contributed by atoms with Crippen molar-refractivity contribution < 1.29 is 9.18 Å². The van der Waals surface area contributed by atoms with Crippen LogP contribution < -0.4 is 0 Å². The van der Waals surface area contributed by atoms with Gasteiger partial charge < -0.3 is 0 Å². The van der Waals surface area contributed by atoms with Crippen molar-refractivity contribution in [1.29, 1.82) is 0 Å². The van der Waals surface area contributed by atoms with Crippen LogP contribution in [0, 0.1) is 5.82 Å². The maximum Gasteiger partial charge on any atom is 0.156 e. The molecule has 2 rings (SSSR count). The SMILES string of the molecule is CC(C)(C(=O)Cc1cccc(F)c1Br)N1CCCCCC1. The Hall–Kier alpha value is -0.740. The number of carbonyl (C=O) groups excluding carboxylic acids is 1. The number of rotatable bonds is 4. The molecule has 1 aliphatic rings. The van der Waals surface area contributed by atoms with Crippen LogP contribution in [0.2, 0.25) is 0 Å². The molecule has 4 heteroatoms. The average Bonchev–Trinajstić information content (AvgIpc) is 2.73. The van der Waals surface area contributed by atoms with Crippen LogP contribution in [-0.4, -0.2) is 29.3 Å². The van der Waals surface area contributed by atoms with Crippen molar-refractivity contribution in [3.8, 4) is 0 Å². The predicted molar refractivity (Wildman–Crippen MR) is 86.9 cm³/mol. The number of benzene rings is 1. The lowest BCUT2D eigenvalue weighted by Gasteiger charge is -2.36. The fraction of sp³-hybridized carbons (Fsp3) is 0.588. The van der Waals surface area contributed by atoms with Crippen LogP contribution in [0.4, 0.5) is 4.39 Å². The highest BCUT2D eigenvalue weighted by atomic mass is 79.9. The first kappa shape index (κ1) is 16.6. The van der Waals surface area contributed by atoms with Gasteiger partial charge in [0.2, 0.25) is 0 Å². The largest absolute Gasteiger partial charge is 0.297 e. The molecule has 1 aromatic rings. The molecule has 1 heterocycles. The van der Waals surface area contributed by atoms with E-state index < -0.39 is 5.54 Å². The van der Waals surface area contributed by atoms with Crippen molar-refractivity contribution in [2.45, 2.75) is 51.5 Å². The van der Waals surface area contributed by atoms with Crippen LogP contribution in [0.25, 0.3) is 0 Å². The fourth-order valence-electron chi connectivity index (χ4n) is 2.88. The van der Waals surface area contributed by atoms with E-state index in [4.69, 9.17) is 0 Å². The smallest absolute Gasteiger partial charge is 0.156 e. The van der Waals surface area contributed by atoms with Gasteiger partial charge in [-0.3, -0.25) is 9.69 Å². The average molecular weight is 356 g/mol. The summed E-state index contributed by atoms with van der Waals surface area (Å²) in [7, 11) is 0. The molecule has 1 aromatic carbocycles. The summed E-state index contributed by atoms with van der Waals surface area (Å²) in [5.74, 6) is -0.163. The van der Waals surface area contributed by atoms with Crippen molar-refractivity contribution in [2.24, 2.45) is 0 Å². The van der Waals surface area contributed by atoms with Gasteiger partial charge in [0.15, 0.2) is 5.78 Å². The zero-order valence-corrected chi connectivity index (χ0v) is 14.4. The molecule has 21 heavy (non-hydrogen) atoms. The quantitative estimate of drug-likeness (QED) is 0.799. The Balaban J connectivity index is 2.12. The topological polar surface area (TPSA) is 20.3 Å². The van der Waals surface area contributed by atoms with E-state index in [9.17, 15) is 9.18 Å². The highest BCUT2D eigenvalue weighted by molar-refractivity contribution is 9.10. The van der Waals surface area contributed by atoms with Gasteiger partial charge in [-0.1, -0.05) is 25.0 Å². The third kappa shape index (κ3) is 3.92. The molecule has 0 atom stereocenters. The molecule has 0 aromatic heterocycles. The van der Waals surface area contributed by atoms with Gasteiger partial charge in [-0.05, 0) is 67.3 Å².